The normalized spacial score (nSPS) is 22.1. The number of anilines is 1. The van der Waals surface area contributed by atoms with Gasteiger partial charge in [-0.15, -0.1) is 0 Å². The van der Waals surface area contributed by atoms with E-state index < -0.39 is 16.4 Å². The Bertz CT molecular complexity index is 1300. The van der Waals surface area contributed by atoms with Crippen molar-refractivity contribution in [1.29, 1.82) is 0 Å². The SMILES string of the molecule is C[C@@H]1[C@H](CNS(C)(=O)=O)N(C2CC2)CCN1c1cc(-c2cnc3ccc(C(F)F)nn23)ncn1. The van der Waals surface area contributed by atoms with E-state index in [9.17, 15) is 17.2 Å². The molecular weight excluding hydrogens is 466 g/mol. The van der Waals surface area contributed by atoms with E-state index in [2.05, 4.69) is 41.5 Å². The van der Waals surface area contributed by atoms with Crippen molar-refractivity contribution in [2.75, 3.05) is 30.8 Å². The summed E-state index contributed by atoms with van der Waals surface area (Å²) in [6.07, 6.45) is 3.71. The molecule has 4 heterocycles. The molecule has 2 atom stereocenters. The molecule has 2 aliphatic rings. The fourth-order valence-electron chi connectivity index (χ4n) is 4.61. The molecule has 0 unspecified atom stereocenters. The fraction of sp³-hybridized carbons (Fsp3) is 0.524. The van der Waals surface area contributed by atoms with Crippen LogP contribution in [-0.4, -0.2) is 81.9 Å². The molecule has 0 bridgehead atoms. The van der Waals surface area contributed by atoms with Gasteiger partial charge >= 0.3 is 0 Å². The number of hydrogen-bond donors (Lipinski definition) is 1. The molecule has 0 spiro atoms. The van der Waals surface area contributed by atoms with Crippen LogP contribution in [0.5, 0.6) is 0 Å². The Morgan fingerprint density at radius 2 is 1.97 bits per heavy atom. The molecule has 5 rings (SSSR count). The van der Waals surface area contributed by atoms with E-state index in [0.717, 1.165) is 25.9 Å². The van der Waals surface area contributed by atoms with Crippen molar-refractivity contribution in [1.82, 2.24) is 34.2 Å². The summed E-state index contributed by atoms with van der Waals surface area (Å²) in [6.45, 7) is 3.90. The highest BCUT2D eigenvalue weighted by Gasteiger charge is 2.41. The first-order chi connectivity index (χ1) is 16.2. The standard InChI is InChI=1S/C21H26F2N8O2S/c1-13-17(11-27-34(2,32)33)30(14-3-4-14)8-7-29(13)20-9-16(25-12-26-20)18-10-24-19-6-5-15(21(22)23)28-31(18)19/h5-6,9-10,12-14,17,21,27H,3-4,7-8,11H2,1-2H3/t13-,17+/m1/s1. The summed E-state index contributed by atoms with van der Waals surface area (Å²) < 4.78 is 53.9. The van der Waals surface area contributed by atoms with Crippen LogP contribution in [0.3, 0.4) is 0 Å². The predicted octanol–water partition coefficient (Wildman–Crippen LogP) is 1.71. The lowest BCUT2D eigenvalue weighted by molar-refractivity contribution is 0.138. The average Bonchev–Trinajstić information content (AvgIpc) is 3.55. The first-order valence-corrected chi connectivity index (χ1v) is 13.0. The fourth-order valence-corrected chi connectivity index (χ4v) is 5.08. The van der Waals surface area contributed by atoms with Crippen molar-refractivity contribution >= 4 is 21.5 Å². The molecule has 0 amide bonds. The number of nitrogens with one attached hydrogen (secondary N) is 1. The van der Waals surface area contributed by atoms with Crippen molar-refractivity contribution in [3.63, 3.8) is 0 Å². The predicted molar refractivity (Wildman–Crippen MR) is 122 cm³/mol. The minimum atomic E-state index is -3.32. The lowest BCUT2D eigenvalue weighted by Crippen LogP contribution is -2.62. The number of piperazine rings is 1. The third-order valence-electron chi connectivity index (χ3n) is 6.46. The van der Waals surface area contributed by atoms with Crippen LogP contribution < -0.4 is 9.62 Å². The molecule has 10 nitrogen and oxygen atoms in total. The highest BCUT2D eigenvalue weighted by molar-refractivity contribution is 7.88. The Labute approximate surface area is 196 Å². The van der Waals surface area contributed by atoms with Crippen molar-refractivity contribution in [3.05, 3.63) is 36.4 Å². The summed E-state index contributed by atoms with van der Waals surface area (Å²) in [5.74, 6) is 0.678. The van der Waals surface area contributed by atoms with Gasteiger partial charge in [0, 0.05) is 43.8 Å². The van der Waals surface area contributed by atoms with E-state index in [4.69, 9.17) is 0 Å². The maximum Gasteiger partial charge on any atom is 0.282 e. The quantitative estimate of drug-likeness (QED) is 0.531. The lowest BCUT2D eigenvalue weighted by atomic mass is 10.0. The highest BCUT2D eigenvalue weighted by atomic mass is 32.2. The third-order valence-corrected chi connectivity index (χ3v) is 7.15. The number of nitrogens with zero attached hydrogens (tertiary/aromatic N) is 7. The van der Waals surface area contributed by atoms with Crippen molar-refractivity contribution in [3.8, 4) is 11.4 Å². The number of halogens is 2. The van der Waals surface area contributed by atoms with Gasteiger partial charge in [0.2, 0.25) is 10.0 Å². The zero-order chi connectivity index (χ0) is 24.0. The van der Waals surface area contributed by atoms with Gasteiger partial charge in [-0.3, -0.25) is 4.90 Å². The zero-order valence-corrected chi connectivity index (χ0v) is 19.7. The van der Waals surface area contributed by atoms with Crippen LogP contribution in [0.15, 0.2) is 30.7 Å². The molecule has 13 heteroatoms. The number of imidazole rings is 1. The number of fused-ring (bicyclic) bond motifs is 1. The van der Waals surface area contributed by atoms with Crippen LogP contribution in [0, 0.1) is 0 Å². The summed E-state index contributed by atoms with van der Waals surface area (Å²) in [4.78, 5) is 17.6. The van der Waals surface area contributed by atoms with Crippen LogP contribution >= 0.6 is 0 Å². The molecule has 3 aromatic heterocycles. The van der Waals surface area contributed by atoms with Gasteiger partial charge in [0.25, 0.3) is 6.43 Å². The molecule has 1 saturated heterocycles. The second kappa shape index (κ2) is 8.78. The maximum absolute atomic E-state index is 13.2. The molecule has 1 aliphatic heterocycles. The first kappa shape index (κ1) is 23.0. The van der Waals surface area contributed by atoms with E-state index >= 15 is 0 Å². The minimum absolute atomic E-state index is 0.0135. The van der Waals surface area contributed by atoms with Gasteiger partial charge in [0.15, 0.2) is 5.65 Å². The van der Waals surface area contributed by atoms with Gasteiger partial charge in [-0.2, -0.15) is 5.10 Å². The Balaban J connectivity index is 1.45. The number of hydrogen-bond acceptors (Lipinski definition) is 8. The molecular formula is C21H26F2N8O2S. The van der Waals surface area contributed by atoms with E-state index in [1.54, 1.807) is 12.3 Å². The number of aromatic nitrogens is 5. The molecule has 0 radical (unpaired) electrons. The van der Waals surface area contributed by atoms with E-state index in [-0.39, 0.29) is 17.8 Å². The molecule has 34 heavy (non-hydrogen) atoms. The Kier molecular flexibility index (Phi) is 5.94. The molecule has 0 aromatic carbocycles. The largest absolute Gasteiger partial charge is 0.351 e. The monoisotopic (exact) mass is 492 g/mol. The van der Waals surface area contributed by atoms with Gasteiger partial charge in [0.1, 0.15) is 23.5 Å². The summed E-state index contributed by atoms with van der Waals surface area (Å²) in [6, 6.07) is 5.01. The van der Waals surface area contributed by atoms with E-state index in [0.29, 0.717) is 35.4 Å². The zero-order valence-electron chi connectivity index (χ0n) is 18.8. The van der Waals surface area contributed by atoms with Crippen molar-refractivity contribution in [2.45, 2.75) is 44.3 Å². The Morgan fingerprint density at radius 3 is 2.68 bits per heavy atom. The summed E-state index contributed by atoms with van der Waals surface area (Å²) in [5.41, 5.74) is 1.10. The molecule has 3 aromatic rings. The van der Waals surface area contributed by atoms with Gasteiger partial charge in [0.05, 0.1) is 18.1 Å². The maximum atomic E-state index is 13.2. The second-order valence-corrected chi connectivity index (χ2v) is 10.7. The van der Waals surface area contributed by atoms with Crippen LogP contribution in [0.2, 0.25) is 0 Å². The third kappa shape index (κ3) is 4.59. The van der Waals surface area contributed by atoms with Crippen LogP contribution in [0.1, 0.15) is 31.9 Å². The highest BCUT2D eigenvalue weighted by Crippen LogP contribution is 2.34. The summed E-state index contributed by atoms with van der Waals surface area (Å²) in [5, 5.41) is 4.02. The molecule has 1 saturated carbocycles. The smallest absolute Gasteiger partial charge is 0.282 e. The van der Waals surface area contributed by atoms with Gasteiger partial charge < -0.3 is 4.90 Å². The number of sulfonamides is 1. The van der Waals surface area contributed by atoms with Gasteiger partial charge in [-0.05, 0) is 31.9 Å². The minimum Gasteiger partial charge on any atom is -0.351 e. The number of alkyl halides is 2. The van der Waals surface area contributed by atoms with Crippen LogP contribution in [0.25, 0.3) is 17.0 Å². The van der Waals surface area contributed by atoms with E-state index in [1.807, 2.05) is 0 Å². The first-order valence-electron chi connectivity index (χ1n) is 11.1. The Morgan fingerprint density at radius 1 is 1.18 bits per heavy atom. The average molecular weight is 493 g/mol. The van der Waals surface area contributed by atoms with Crippen LogP contribution in [-0.2, 0) is 10.0 Å². The Hall–Kier alpha value is -2.77. The van der Waals surface area contributed by atoms with Crippen LogP contribution in [0.4, 0.5) is 14.6 Å². The molecule has 182 valence electrons. The van der Waals surface area contributed by atoms with Crippen molar-refractivity contribution < 1.29 is 17.2 Å². The topological polar surface area (TPSA) is 109 Å². The molecule has 1 N–H and O–H groups in total. The lowest BCUT2D eigenvalue weighted by Gasteiger charge is -2.47. The van der Waals surface area contributed by atoms with Crippen molar-refractivity contribution in [2.24, 2.45) is 0 Å². The summed E-state index contributed by atoms with van der Waals surface area (Å²) in [7, 11) is -3.32. The van der Waals surface area contributed by atoms with Gasteiger partial charge in [-0.1, -0.05) is 0 Å². The van der Waals surface area contributed by atoms with E-state index in [1.165, 1.54) is 29.2 Å². The molecule has 2 fully saturated rings. The summed E-state index contributed by atoms with van der Waals surface area (Å²) >= 11 is 0. The second-order valence-electron chi connectivity index (χ2n) is 8.82. The van der Waals surface area contributed by atoms with Gasteiger partial charge in [-0.25, -0.2) is 41.4 Å². The number of rotatable bonds is 7. The molecule has 1 aliphatic carbocycles.